The molecule has 3 aromatic rings. The van der Waals surface area contributed by atoms with Gasteiger partial charge in [-0.15, -0.1) is 0 Å². The van der Waals surface area contributed by atoms with Crippen molar-refractivity contribution in [1.29, 1.82) is 0 Å². The fourth-order valence-corrected chi connectivity index (χ4v) is 2.34. The van der Waals surface area contributed by atoms with Crippen molar-refractivity contribution in [3.8, 4) is 0 Å². The van der Waals surface area contributed by atoms with Crippen LogP contribution >= 0.6 is 0 Å². The zero-order chi connectivity index (χ0) is 21.5. The van der Waals surface area contributed by atoms with Crippen LogP contribution in [0.3, 0.4) is 0 Å². The zero-order valence-electron chi connectivity index (χ0n) is 15.2. The molecule has 0 aliphatic rings. The summed E-state index contributed by atoms with van der Waals surface area (Å²) in [7, 11) is 0. The van der Waals surface area contributed by atoms with E-state index in [4.69, 9.17) is 0 Å². The number of hydrogen-bond acceptors (Lipinski definition) is 4. The first-order valence-corrected chi connectivity index (χ1v) is 8.55. The molecule has 0 radical (unpaired) electrons. The van der Waals surface area contributed by atoms with Gasteiger partial charge >= 0.3 is 0 Å². The maximum absolute atomic E-state index is 13.6. The maximum Gasteiger partial charge on any atom is 0.271 e. The van der Waals surface area contributed by atoms with Crippen molar-refractivity contribution < 1.29 is 22.4 Å². The average Bonchev–Trinajstić information content (AvgIpc) is 2.71. The molecular formula is C21H14F4N4O. The van der Waals surface area contributed by atoms with Gasteiger partial charge in [0.2, 0.25) is 0 Å². The van der Waals surface area contributed by atoms with Gasteiger partial charge in [-0.1, -0.05) is 6.07 Å². The highest BCUT2D eigenvalue weighted by atomic mass is 19.1. The van der Waals surface area contributed by atoms with Crippen molar-refractivity contribution in [2.75, 3.05) is 5.43 Å². The van der Waals surface area contributed by atoms with Gasteiger partial charge < -0.3 is 0 Å². The molecule has 0 heterocycles. The number of anilines is 1. The fourth-order valence-electron chi connectivity index (χ4n) is 2.34. The van der Waals surface area contributed by atoms with Crippen LogP contribution < -0.4 is 10.9 Å². The van der Waals surface area contributed by atoms with Crippen LogP contribution in [0.1, 0.15) is 21.5 Å². The van der Waals surface area contributed by atoms with Crippen LogP contribution in [0.2, 0.25) is 0 Å². The van der Waals surface area contributed by atoms with Crippen LogP contribution in [-0.4, -0.2) is 18.3 Å². The van der Waals surface area contributed by atoms with Crippen molar-refractivity contribution in [3.63, 3.8) is 0 Å². The second-order valence-electron chi connectivity index (χ2n) is 5.98. The molecule has 3 rings (SSSR count). The van der Waals surface area contributed by atoms with E-state index in [1.54, 1.807) is 12.1 Å². The lowest BCUT2D eigenvalue weighted by Gasteiger charge is -2.04. The molecule has 0 saturated carbocycles. The smallest absolute Gasteiger partial charge is 0.271 e. The summed E-state index contributed by atoms with van der Waals surface area (Å²) >= 11 is 0. The van der Waals surface area contributed by atoms with Crippen LogP contribution in [0.4, 0.5) is 23.2 Å². The number of halogens is 4. The van der Waals surface area contributed by atoms with Crippen LogP contribution in [-0.2, 0) is 0 Å². The van der Waals surface area contributed by atoms with E-state index in [0.717, 1.165) is 24.4 Å². The largest absolute Gasteiger partial charge is 0.278 e. The molecule has 0 spiro atoms. The Hall–Kier alpha value is -4.01. The molecule has 0 bridgehead atoms. The first kappa shape index (κ1) is 20.7. The average molecular weight is 414 g/mol. The molecule has 0 saturated heterocycles. The number of nitrogens with zero attached hydrogens (tertiary/aromatic N) is 2. The Kier molecular flexibility index (Phi) is 6.53. The molecule has 0 aromatic heterocycles. The van der Waals surface area contributed by atoms with Crippen LogP contribution in [0, 0.1) is 23.3 Å². The van der Waals surface area contributed by atoms with Crippen molar-refractivity contribution in [3.05, 3.63) is 101 Å². The first-order valence-electron chi connectivity index (χ1n) is 8.55. The predicted octanol–water partition coefficient (Wildman–Crippen LogP) is 4.45. The zero-order valence-corrected chi connectivity index (χ0v) is 15.2. The summed E-state index contributed by atoms with van der Waals surface area (Å²) in [6, 6.07) is 12.2. The molecule has 0 unspecified atom stereocenters. The van der Waals surface area contributed by atoms with Crippen molar-refractivity contribution in [2.24, 2.45) is 10.2 Å². The van der Waals surface area contributed by atoms with Gasteiger partial charge in [0.1, 0.15) is 23.3 Å². The maximum atomic E-state index is 13.6. The van der Waals surface area contributed by atoms with E-state index in [1.165, 1.54) is 30.5 Å². The van der Waals surface area contributed by atoms with Crippen molar-refractivity contribution in [2.45, 2.75) is 0 Å². The third-order valence-corrected chi connectivity index (χ3v) is 3.82. The summed E-state index contributed by atoms with van der Waals surface area (Å²) in [5, 5.41) is 7.50. The molecule has 2 N–H and O–H groups in total. The highest BCUT2D eigenvalue weighted by Gasteiger charge is 2.06. The SMILES string of the molecule is O=C(N/N=C/c1ccc(F)cc1F)c1cccc(N/N=C/c2ccc(F)cc2F)c1. The second-order valence-corrected chi connectivity index (χ2v) is 5.98. The van der Waals surface area contributed by atoms with Gasteiger partial charge in [0.15, 0.2) is 0 Å². The third-order valence-electron chi connectivity index (χ3n) is 3.82. The Morgan fingerprint density at radius 1 is 0.767 bits per heavy atom. The van der Waals surface area contributed by atoms with Crippen molar-refractivity contribution >= 4 is 24.0 Å². The van der Waals surface area contributed by atoms with E-state index in [2.05, 4.69) is 21.1 Å². The van der Waals surface area contributed by atoms with Gasteiger partial charge in [-0.3, -0.25) is 10.2 Å². The Morgan fingerprint density at radius 3 is 1.97 bits per heavy atom. The molecule has 5 nitrogen and oxygen atoms in total. The molecule has 0 fully saturated rings. The molecule has 30 heavy (non-hydrogen) atoms. The Morgan fingerprint density at radius 2 is 1.37 bits per heavy atom. The van der Waals surface area contributed by atoms with Gasteiger partial charge in [0.05, 0.1) is 18.1 Å². The summed E-state index contributed by atoms with van der Waals surface area (Å²) in [4.78, 5) is 12.2. The fraction of sp³-hybridized carbons (Fsp3) is 0. The van der Waals surface area contributed by atoms with Crippen molar-refractivity contribution in [1.82, 2.24) is 5.43 Å². The minimum Gasteiger partial charge on any atom is -0.278 e. The van der Waals surface area contributed by atoms with E-state index in [1.807, 2.05) is 0 Å². The lowest BCUT2D eigenvalue weighted by molar-refractivity contribution is 0.0955. The standard InChI is InChI=1S/C21H14F4N4O/c22-16-6-4-14(19(24)9-16)11-26-28-18-3-1-2-13(8-18)21(30)29-27-12-15-5-7-17(23)10-20(15)25/h1-12,28H,(H,29,30)/b26-11+,27-12+. The number of carbonyl (C=O) groups is 1. The summed E-state index contributed by atoms with van der Waals surface area (Å²) in [6.45, 7) is 0. The Labute approximate surface area is 168 Å². The first-order chi connectivity index (χ1) is 14.4. The molecule has 1 amide bonds. The van der Waals surface area contributed by atoms with Gasteiger partial charge in [-0.05, 0) is 42.5 Å². The minimum absolute atomic E-state index is 0.00878. The number of hydrogen-bond donors (Lipinski definition) is 2. The number of carbonyl (C=O) groups excluding carboxylic acids is 1. The van der Waals surface area contributed by atoms with Gasteiger partial charge in [-0.2, -0.15) is 10.2 Å². The lowest BCUT2D eigenvalue weighted by atomic mass is 10.2. The van der Waals surface area contributed by atoms with Crippen LogP contribution in [0.25, 0.3) is 0 Å². The van der Waals surface area contributed by atoms with E-state index < -0.39 is 29.2 Å². The summed E-state index contributed by atoms with van der Waals surface area (Å²) < 4.78 is 52.9. The number of rotatable bonds is 6. The van der Waals surface area contributed by atoms with Gasteiger partial charge in [0.25, 0.3) is 5.91 Å². The van der Waals surface area contributed by atoms with Crippen LogP contribution in [0.5, 0.6) is 0 Å². The summed E-state index contributed by atoms with van der Waals surface area (Å²) in [5.41, 5.74) is 5.60. The quantitative estimate of drug-likeness (QED) is 0.356. The minimum atomic E-state index is -0.811. The molecule has 3 aromatic carbocycles. The highest BCUT2D eigenvalue weighted by Crippen LogP contribution is 2.12. The number of hydrazone groups is 2. The molecular weight excluding hydrogens is 400 g/mol. The highest BCUT2D eigenvalue weighted by molar-refractivity contribution is 5.95. The molecule has 0 aliphatic carbocycles. The Balaban J connectivity index is 1.62. The third kappa shape index (κ3) is 5.51. The Bertz CT molecular complexity index is 1130. The molecule has 9 heteroatoms. The summed E-state index contributed by atoms with van der Waals surface area (Å²) in [5.74, 6) is -3.56. The number of nitrogens with one attached hydrogen (secondary N) is 2. The molecule has 0 aliphatic heterocycles. The number of amides is 1. The van der Waals surface area contributed by atoms with Gasteiger partial charge in [0, 0.05) is 28.8 Å². The van der Waals surface area contributed by atoms with E-state index in [-0.39, 0.29) is 16.7 Å². The molecule has 152 valence electrons. The normalized spacial score (nSPS) is 11.2. The molecule has 0 atom stereocenters. The van der Waals surface area contributed by atoms with Gasteiger partial charge in [-0.25, -0.2) is 23.0 Å². The monoisotopic (exact) mass is 414 g/mol. The lowest BCUT2D eigenvalue weighted by Crippen LogP contribution is -2.17. The summed E-state index contributed by atoms with van der Waals surface area (Å²) in [6.07, 6.45) is 2.22. The predicted molar refractivity (Wildman–Crippen MR) is 105 cm³/mol. The topological polar surface area (TPSA) is 65.8 Å². The van der Waals surface area contributed by atoms with E-state index in [9.17, 15) is 22.4 Å². The number of benzene rings is 3. The second kappa shape index (κ2) is 9.46. The van der Waals surface area contributed by atoms with E-state index in [0.29, 0.717) is 11.8 Å². The van der Waals surface area contributed by atoms with E-state index >= 15 is 0 Å². The van der Waals surface area contributed by atoms with Crippen LogP contribution in [0.15, 0.2) is 70.9 Å².